The molecule has 1 aromatic carbocycles. The summed E-state index contributed by atoms with van der Waals surface area (Å²) in [4.78, 5) is 32.5. The van der Waals surface area contributed by atoms with Gasteiger partial charge in [0.2, 0.25) is 0 Å². The van der Waals surface area contributed by atoms with Gasteiger partial charge in [0.15, 0.2) is 11.6 Å². The molecule has 4 heteroatoms. The molecule has 2 aromatic rings. The Hall–Kier alpha value is -2.36. The molecule has 1 aliphatic carbocycles. The standard InChI is InChI=1S/C14H10N2O2/c1-8-15-6-9(7-16-8)12-13(17)10-4-2-3-5-11(10)14(12)18/h2-7,12H,1H3. The normalized spacial score (nSPS) is 14.9. The highest BCUT2D eigenvalue weighted by Crippen LogP contribution is 2.33. The lowest BCUT2D eigenvalue weighted by Gasteiger charge is -2.05. The number of benzene rings is 1. The lowest BCUT2D eigenvalue weighted by Crippen LogP contribution is -2.13. The second-order valence-corrected chi connectivity index (χ2v) is 4.27. The summed E-state index contributed by atoms with van der Waals surface area (Å²) in [5, 5.41) is 0. The maximum atomic E-state index is 12.2. The first-order valence-corrected chi connectivity index (χ1v) is 5.64. The molecule has 0 amide bonds. The van der Waals surface area contributed by atoms with Crippen LogP contribution in [-0.2, 0) is 0 Å². The third-order valence-corrected chi connectivity index (χ3v) is 3.12. The Morgan fingerprint density at radius 2 is 1.44 bits per heavy atom. The van der Waals surface area contributed by atoms with Gasteiger partial charge >= 0.3 is 0 Å². The third-order valence-electron chi connectivity index (χ3n) is 3.12. The van der Waals surface area contributed by atoms with Crippen LogP contribution in [0.4, 0.5) is 0 Å². The minimum atomic E-state index is -0.775. The predicted molar refractivity (Wildman–Crippen MR) is 64.6 cm³/mol. The van der Waals surface area contributed by atoms with Gasteiger partial charge in [0.1, 0.15) is 11.7 Å². The highest BCUT2D eigenvalue weighted by Gasteiger charge is 2.39. The van der Waals surface area contributed by atoms with Gasteiger partial charge in [-0.1, -0.05) is 24.3 Å². The number of aryl methyl sites for hydroxylation is 1. The first kappa shape index (κ1) is 10.8. The van der Waals surface area contributed by atoms with Crippen LogP contribution in [0.5, 0.6) is 0 Å². The summed E-state index contributed by atoms with van der Waals surface area (Å²) in [5.41, 5.74) is 1.55. The fourth-order valence-electron chi connectivity index (χ4n) is 2.20. The van der Waals surface area contributed by atoms with Crippen LogP contribution < -0.4 is 0 Å². The van der Waals surface area contributed by atoms with Gasteiger partial charge in [-0.25, -0.2) is 9.97 Å². The third kappa shape index (κ3) is 1.46. The number of hydrogen-bond acceptors (Lipinski definition) is 4. The van der Waals surface area contributed by atoms with Gasteiger partial charge in [-0.2, -0.15) is 0 Å². The molecule has 3 rings (SSSR count). The molecule has 0 N–H and O–H groups in total. The lowest BCUT2D eigenvalue weighted by atomic mass is 9.97. The minimum Gasteiger partial charge on any atom is -0.293 e. The zero-order valence-corrected chi connectivity index (χ0v) is 9.75. The van der Waals surface area contributed by atoms with E-state index in [-0.39, 0.29) is 11.6 Å². The van der Waals surface area contributed by atoms with Crippen molar-refractivity contribution in [2.45, 2.75) is 12.8 Å². The Bertz CT molecular complexity index is 612. The van der Waals surface area contributed by atoms with Crippen LogP contribution in [0.1, 0.15) is 38.0 Å². The number of fused-ring (bicyclic) bond motifs is 1. The van der Waals surface area contributed by atoms with Gasteiger partial charge in [0.05, 0.1) is 0 Å². The molecule has 0 radical (unpaired) electrons. The van der Waals surface area contributed by atoms with Gasteiger partial charge in [0, 0.05) is 29.1 Å². The smallest absolute Gasteiger partial charge is 0.178 e. The van der Waals surface area contributed by atoms with E-state index in [1.165, 1.54) is 0 Å². The molecule has 1 aromatic heterocycles. The highest BCUT2D eigenvalue weighted by atomic mass is 16.2. The molecule has 0 saturated heterocycles. The van der Waals surface area contributed by atoms with Gasteiger partial charge < -0.3 is 0 Å². The number of ketones is 2. The summed E-state index contributed by atoms with van der Waals surface area (Å²) in [6, 6.07) is 6.89. The first-order valence-electron chi connectivity index (χ1n) is 5.64. The predicted octanol–water partition coefficient (Wildman–Crippen LogP) is 1.95. The fraction of sp³-hybridized carbons (Fsp3) is 0.143. The molecule has 0 unspecified atom stereocenters. The van der Waals surface area contributed by atoms with Crippen molar-refractivity contribution in [3.05, 3.63) is 59.2 Å². The molecule has 0 saturated carbocycles. The van der Waals surface area contributed by atoms with E-state index in [1.54, 1.807) is 43.6 Å². The fourth-order valence-corrected chi connectivity index (χ4v) is 2.20. The Morgan fingerprint density at radius 1 is 0.944 bits per heavy atom. The molecule has 0 spiro atoms. The van der Waals surface area contributed by atoms with Crippen LogP contribution in [0.3, 0.4) is 0 Å². The number of rotatable bonds is 1. The number of hydrogen-bond donors (Lipinski definition) is 0. The second kappa shape index (κ2) is 3.84. The average Bonchev–Trinajstić information content (AvgIpc) is 2.64. The molecule has 1 heterocycles. The summed E-state index contributed by atoms with van der Waals surface area (Å²) >= 11 is 0. The second-order valence-electron chi connectivity index (χ2n) is 4.27. The van der Waals surface area contributed by atoms with Gasteiger partial charge in [-0.15, -0.1) is 0 Å². The quantitative estimate of drug-likeness (QED) is 0.712. The first-order chi connectivity index (χ1) is 8.68. The topological polar surface area (TPSA) is 59.9 Å². The Labute approximate surface area is 104 Å². The highest BCUT2D eigenvalue weighted by molar-refractivity contribution is 6.29. The van der Waals surface area contributed by atoms with Crippen LogP contribution >= 0.6 is 0 Å². The summed E-state index contributed by atoms with van der Waals surface area (Å²) in [6.07, 6.45) is 3.10. The molecule has 0 bridgehead atoms. The zero-order valence-electron chi connectivity index (χ0n) is 9.75. The van der Waals surface area contributed by atoms with E-state index < -0.39 is 5.92 Å². The van der Waals surface area contributed by atoms with Gasteiger partial charge in [-0.05, 0) is 6.92 Å². The Kier molecular flexibility index (Phi) is 2.30. The Morgan fingerprint density at radius 3 is 1.94 bits per heavy atom. The Balaban J connectivity index is 2.09. The van der Waals surface area contributed by atoms with E-state index >= 15 is 0 Å². The van der Waals surface area contributed by atoms with Crippen LogP contribution in [0.25, 0.3) is 0 Å². The van der Waals surface area contributed by atoms with Crippen molar-refractivity contribution in [2.75, 3.05) is 0 Å². The van der Waals surface area contributed by atoms with E-state index in [0.717, 1.165) is 0 Å². The lowest BCUT2D eigenvalue weighted by molar-refractivity contribution is 0.0889. The average molecular weight is 238 g/mol. The number of carbonyl (C=O) groups excluding carboxylic acids is 2. The van der Waals surface area contributed by atoms with Crippen LogP contribution in [0, 0.1) is 6.92 Å². The summed E-state index contributed by atoms with van der Waals surface area (Å²) in [5.74, 6) is -0.483. The molecule has 0 atom stereocenters. The molecular formula is C14H10N2O2. The molecular weight excluding hydrogens is 228 g/mol. The molecule has 88 valence electrons. The summed E-state index contributed by atoms with van der Waals surface area (Å²) in [6.45, 7) is 1.76. The minimum absolute atomic E-state index is 0.164. The van der Waals surface area contributed by atoms with Gasteiger partial charge in [-0.3, -0.25) is 9.59 Å². The van der Waals surface area contributed by atoms with E-state index in [0.29, 0.717) is 22.5 Å². The van der Waals surface area contributed by atoms with Crippen LogP contribution in [0.15, 0.2) is 36.7 Å². The van der Waals surface area contributed by atoms with Crippen molar-refractivity contribution < 1.29 is 9.59 Å². The van der Waals surface area contributed by atoms with Crippen molar-refractivity contribution in [3.8, 4) is 0 Å². The summed E-state index contributed by atoms with van der Waals surface area (Å²) in [7, 11) is 0. The van der Waals surface area contributed by atoms with E-state index in [1.807, 2.05) is 0 Å². The SMILES string of the molecule is Cc1ncc(C2C(=O)c3ccccc3C2=O)cn1. The number of carbonyl (C=O) groups is 2. The van der Waals surface area contributed by atoms with Crippen LogP contribution in [0.2, 0.25) is 0 Å². The molecule has 1 aliphatic rings. The van der Waals surface area contributed by atoms with Crippen molar-refractivity contribution in [1.29, 1.82) is 0 Å². The molecule has 18 heavy (non-hydrogen) atoms. The number of nitrogens with zero attached hydrogens (tertiary/aromatic N) is 2. The van der Waals surface area contributed by atoms with Gasteiger partial charge in [0.25, 0.3) is 0 Å². The van der Waals surface area contributed by atoms with Crippen molar-refractivity contribution >= 4 is 11.6 Å². The maximum absolute atomic E-state index is 12.2. The van der Waals surface area contributed by atoms with E-state index in [4.69, 9.17) is 0 Å². The molecule has 0 aliphatic heterocycles. The molecule has 4 nitrogen and oxygen atoms in total. The van der Waals surface area contributed by atoms with Crippen LogP contribution in [-0.4, -0.2) is 21.5 Å². The zero-order chi connectivity index (χ0) is 12.7. The molecule has 0 fully saturated rings. The van der Waals surface area contributed by atoms with E-state index in [2.05, 4.69) is 9.97 Å². The maximum Gasteiger partial charge on any atom is 0.178 e. The summed E-state index contributed by atoms with van der Waals surface area (Å²) < 4.78 is 0. The van der Waals surface area contributed by atoms with Crippen molar-refractivity contribution in [3.63, 3.8) is 0 Å². The van der Waals surface area contributed by atoms with Crippen molar-refractivity contribution in [1.82, 2.24) is 9.97 Å². The van der Waals surface area contributed by atoms with Crippen molar-refractivity contribution in [2.24, 2.45) is 0 Å². The monoisotopic (exact) mass is 238 g/mol. The number of Topliss-reactive ketones (excluding diaryl/α,β-unsaturated/α-hetero) is 2. The number of aromatic nitrogens is 2. The van der Waals surface area contributed by atoms with E-state index in [9.17, 15) is 9.59 Å². The largest absolute Gasteiger partial charge is 0.293 e.